The quantitative estimate of drug-likeness (QED) is 0.413. The lowest BCUT2D eigenvalue weighted by Gasteiger charge is -2.42. The zero-order valence-electron chi connectivity index (χ0n) is 18.2. The molecule has 1 atom stereocenters. The van der Waals surface area contributed by atoms with Crippen molar-refractivity contribution in [3.05, 3.63) is 129 Å². The molecule has 0 fully saturated rings. The van der Waals surface area contributed by atoms with E-state index in [1.54, 1.807) is 0 Å². The second kappa shape index (κ2) is 7.52. The molecule has 4 rings (SSSR count). The van der Waals surface area contributed by atoms with Gasteiger partial charge in [0.25, 0.3) is 0 Å². The second-order valence-corrected chi connectivity index (χ2v) is 8.69. The van der Waals surface area contributed by atoms with Gasteiger partial charge in [-0.3, -0.25) is 0 Å². The molecule has 29 heavy (non-hydrogen) atoms. The molecule has 0 nitrogen and oxygen atoms in total. The van der Waals surface area contributed by atoms with Crippen LogP contribution in [0.2, 0.25) is 0 Å². The first-order valence-electron chi connectivity index (χ1n) is 10.5. The van der Waals surface area contributed by atoms with Gasteiger partial charge in [-0.05, 0) is 51.3 Å². The average Bonchev–Trinajstić information content (AvgIpc) is 3.01. The number of benzene rings is 3. The molecule has 1 aliphatic rings. The minimum absolute atomic E-state index is 0.262. The number of hydrogen-bond donors (Lipinski definition) is 0. The summed E-state index contributed by atoms with van der Waals surface area (Å²) in [6.07, 6.45) is 4.81. The van der Waals surface area contributed by atoms with Crippen LogP contribution < -0.4 is 0 Å². The molecular formula is C29H30. The number of aryl methyl sites for hydroxylation is 3. The molecular weight excluding hydrogens is 348 g/mol. The Balaban J connectivity index is 2.15. The van der Waals surface area contributed by atoms with E-state index in [0.717, 1.165) is 0 Å². The molecule has 0 radical (unpaired) electrons. The molecule has 0 aliphatic heterocycles. The van der Waals surface area contributed by atoms with Crippen molar-refractivity contribution in [2.45, 2.75) is 40.0 Å². The van der Waals surface area contributed by atoms with Crippen LogP contribution in [0.5, 0.6) is 0 Å². The molecule has 0 saturated heterocycles. The van der Waals surface area contributed by atoms with Gasteiger partial charge in [0.05, 0.1) is 5.41 Å². The fraction of sp³-hybridized carbons (Fsp3) is 0.241. The maximum absolute atomic E-state index is 2.46. The van der Waals surface area contributed by atoms with Crippen molar-refractivity contribution in [2.75, 3.05) is 0 Å². The van der Waals surface area contributed by atoms with Crippen LogP contribution in [0.3, 0.4) is 0 Å². The summed E-state index contributed by atoms with van der Waals surface area (Å²) in [5.74, 6) is 0.285. The van der Waals surface area contributed by atoms with Crippen LogP contribution in [-0.4, -0.2) is 0 Å². The molecule has 1 aliphatic carbocycles. The molecule has 146 valence electrons. The lowest BCUT2D eigenvalue weighted by molar-refractivity contribution is 0.506. The zero-order valence-corrected chi connectivity index (χ0v) is 18.2. The summed E-state index contributed by atoms with van der Waals surface area (Å²) in [4.78, 5) is 0. The second-order valence-electron chi connectivity index (χ2n) is 8.69. The molecule has 0 heterocycles. The molecule has 0 spiro atoms. The van der Waals surface area contributed by atoms with Crippen molar-refractivity contribution in [3.63, 3.8) is 0 Å². The van der Waals surface area contributed by atoms with Crippen LogP contribution >= 0.6 is 0 Å². The van der Waals surface area contributed by atoms with E-state index in [1.807, 2.05) is 0 Å². The SMILES string of the molecule is CC1=CC(C(c2cccc(C)c2)(c2cccc(C)c2)c2cccc(C)c2)C(C)=C1. The summed E-state index contributed by atoms with van der Waals surface area (Å²) in [7, 11) is 0. The molecule has 3 aromatic rings. The van der Waals surface area contributed by atoms with E-state index in [0.29, 0.717) is 0 Å². The van der Waals surface area contributed by atoms with Gasteiger partial charge in [0, 0.05) is 5.92 Å². The summed E-state index contributed by atoms with van der Waals surface area (Å²) in [6.45, 7) is 11.1. The highest BCUT2D eigenvalue weighted by atomic mass is 14.5. The Kier molecular flexibility index (Phi) is 5.04. The van der Waals surface area contributed by atoms with E-state index >= 15 is 0 Å². The largest absolute Gasteiger partial charge is 0.0728 e. The van der Waals surface area contributed by atoms with Gasteiger partial charge in [-0.1, -0.05) is 113 Å². The molecule has 3 aromatic carbocycles. The summed E-state index contributed by atoms with van der Waals surface area (Å²) < 4.78 is 0. The van der Waals surface area contributed by atoms with Crippen LogP contribution in [0.15, 0.2) is 96.1 Å². The molecule has 0 amide bonds. The highest BCUT2D eigenvalue weighted by Crippen LogP contribution is 2.51. The lowest BCUT2D eigenvalue weighted by atomic mass is 9.60. The Morgan fingerprint density at radius 2 is 1.00 bits per heavy atom. The van der Waals surface area contributed by atoms with Gasteiger partial charge in [-0.25, -0.2) is 0 Å². The van der Waals surface area contributed by atoms with Gasteiger partial charge < -0.3 is 0 Å². The van der Waals surface area contributed by atoms with E-state index in [-0.39, 0.29) is 11.3 Å². The lowest BCUT2D eigenvalue weighted by Crippen LogP contribution is -2.37. The molecule has 0 heteroatoms. The van der Waals surface area contributed by atoms with E-state index in [9.17, 15) is 0 Å². The highest BCUT2D eigenvalue weighted by Gasteiger charge is 2.44. The smallest absolute Gasteiger partial charge is 0.0551 e. The molecule has 0 aromatic heterocycles. The van der Waals surface area contributed by atoms with Gasteiger partial charge in [0.2, 0.25) is 0 Å². The Hall–Kier alpha value is -2.86. The summed E-state index contributed by atoms with van der Waals surface area (Å²) in [5, 5.41) is 0. The van der Waals surface area contributed by atoms with Crippen molar-refractivity contribution >= 4 is 0 Å². The van der Waals surface area contributed by atoms with E-state index in [4.69, 9.17) is 0 Å². The molecule has 0 bridgehead atoms. The van der Waals surface area contributed by atoms with Gasteiger partial charge in [0.15, 0.2) is 0 Å². The topological polar surface area (TPSA) is 0 Å². The van der Waals surface area contributed by atoms with Crippen molar-refractivity contribution in [1.82, 2.24) is 0 Å². The van der Waals surface area contributed by atoms with E-state index in [2.05, 4.69) is 120 Å². The number of rotatable bonds is 4. The van der Waals surface area contributed by atoms with Crippen LogP contribution in [0.25, 0.3) is 0 Å². The predicted octanol–water partition coefficient (Wildman–Crippen LogP) is 7.47. The Morgan fingerprint density at radius 3 is 1.31 bits per heavy atom. The van der Waals surface area contributed by atoms with Gasteiger partial charge >= 0.3 is 0 Å². The summed E-state index contributed by atoms with van der Waals surface area (Å²) in [6, 6.07) is 27.3. The van der Waals surface area contributed by atoms with Crippen molar-refractivity contribution in [2.24, 2.45) is 5.92 Å². The molecule has 1 unspecified atom stereocenters. The fourth-order valence-corrected chi connectivity index (χ4v) is 5.07. The average molecular weight is 379 g/mol. The van der Waals surface area contributed by atoms with Crippen molar-refractivity contribution in [1.29, 1.82) is 0 Å². The Morgan fingerprint density at radius 1 is 0.586 bits per heavy atom. The first-order valence-corrected chi connectivity index (χ1v) is 10.5. The third kappa shape index (κ3) is 3.38. The van der Waals surface area contributed by atoms with Gasteiger partial charge in [-0.2, -0.15) is 0 Å². The Labute approximate surface area is 175 Å². The summed E-state index contributed by atoms with van der Waals surface area (Å²) >= 11 is 0. The van der Waals surface area contributed by atoms with Crippen LogP contribution in [0.4, 0.5) is 0 Å². The highest BCUT2D eigenvalue weighted by molar-refractivity contribution is 5.58. The third-order valence-corrected chi connectivity index (χ3v) is 6.26. The van der Waals surface area contributed by atoms with Crippen molar-refractivity contribution < 1.29 is 0 Å². The zero-order chi connectivity index (χ0) is 20.6. The molecule has 0 saturated carbocycles. The Bertz CT molecular complexity index is 999. The minimum atomic E-state index is -0.262. The number of allylic oxidation sites excluding steroid dienone is 4. The predicted molar refractivity (Wildman–Crippen MR) is 124 cm³/mol. The first kappa shape index (κ1) is 19.5. The van der Waals surface area contributed by atoms with E-state index in [1.165, 1.54) is 44.5 Å². The normalized spacial score (nSPS) is 16.5. The van der Waals surface area contributed by atoms with Gasteiger partial charge in [-0.15, -0.1) is 0 Å². The fourth-order valence-electron chi connectivity index (χ4n) is 5.07. The molecule has 0 N–H and O–H groups in total. The monoisotopic (exact) mass is 378 g/mol. The minimum Gasteiger partial charge on any atom is -0.0728 e. The summed E-state index contributed by atoms with van der Waals surface area (Å²) in [5.41, 5.74) is 10.5. The van der Waals surface area contributed by atoms with Gasteiger partial charge in [0.1, 0.15) is 0 Å². The number of hydrogen-bond acceptors (Lipinski definition) is 0. The van der Waals surface area contributed by atoms with Crippen LogP contribution in [0, 0.1) is 26.7 Å². The van der Waals surface area contributed by atoms with Crippen molar-refractivity contribution in [3.8, 4) is 0 Å². The maximum Gasteiger partial charge on any atom is 0.0551 e. The standard InChI is InChI=1S/C29H30/c1-20-9-6-12-25(16-20)29(26-13-7-10-21(2)17-26,27-14-8-11-22(3)18-27)28-19-23(4)15-24(28)5/h6-19,28H,1-5H3. The van der Waals surface area contributed by atoms with Crippen LogP contribution in [-0.2, 0) is 5.41 Å². The third-order valence-electron chi connectivity index (χ3n) is 6.26. The maximum atomic E-state index is 2.46. The first-order chi connectivity index (χ1) is 13.9. The van der Waals surface area contributed by atoms with Crippen LogP contribution in [0.1, 0.15) is 47.2 Å². The van der Waals surface area contributed by atoms with E-state index < -0.39 is 0 Å².